The zero-order chi connectivity index (χ0) is 18.0. The molecule has 0 unspecified atom stereocenters. The Labute approximate surface area is 151 Å². The first-order chi connectivity index (χ1) is 11.9. The van der Waals surface area contributed by atoms with Crippen molar-refractivity contribution in [3.63, 3.8) is 0 Å². The van der Waals surface area contributed by atoms with Gasteiger partial charge in [-0.3, -0.25) is 0 Å². The van der Waals surface area contributed by atoms with Gasteiger partial charge in [0.25, 0.3) is 0 Å². The van der Waals surface area contributed by atoms with Gasteiger partial charge in [-0.1, -0.05) is 12.1 Å². The number of halogens is 1. The van der Waals surface area contributed by atoms with Gasteiger partial charge in [-0.25, -0.2) is 17.8 Å². The maximum atomic E-state index is 13.0. The number of sulfonamides is 1. The fourth-order valence-corrected chi connectivity index (χ4v) is 4.67. The molecule has 0 atom stereocenters. The van der Waals surface area contributed by atoms with Crippen molar-refractivity contribution in [2.24, 2.45) is 0 Å². The molecule has 0 saturated carbocycles. The summed E-state index contributed by atoms with van der Waals surface area (Å²) in [6, 6.07) is 6.31. The molecule has 2 aromatic rings. The number of anilines is 1. The molecule has 1 aromatic heterocycles. The highest BCUT2D eigenvalue weighted by atomic mass is 32.2. The topological polar surface area (TPSA) is 66.4 Å². The van der Waals surface area contributed by atoms with Crippen molar-refractivity contribution in [3.05, 3.63) is 41.5 Å². The molecule has 0 amide bonds. The Kier molecular flexibility index (Phi) is 5.35. The predicted octanol–water partition coefficient (Wildman–Crippen LogP) is 2.13. The van der Waals surface area contributed by atoms with E-state index in [0.717, 1.165) is 10.7 Å². The van der Waals surface area contributed by atoms with Gasteiger partial charge in [0.1, 0.15) is 11.6 Å². The molecule has 0 aliphatic carbocycles. The maximum absolute atomic E-state index is 13.0. The number of benzene rings is 1. The summed E-state index contributed by atoms with van der Waals surface area (Å²) in [4.78, 5) is 6.61. The second-order valence-corrected chi connectivity index (χ2v) is 9.50. The van der Waals surface area contributed by atoms with Crippen LogP contribution in [-0.4, -0.2) is 53.5 Å². The van der Waals surface area contributed by atoms with Crippen LogP contribution in [-0.2, 0) is 16.4 Å². The van der Waals surface area contributed by atoms with E-state index in [0.29, 0.717) is 38.4 Å². The second kappa shape index (κ2) is 7.35. The minimum atomic E-state index is -3.20. The zero-order valence-corrected chi connectivity index (χ0v) is 15.9. The lowest BCUT2D eigenvalue weighted by Crippen LogP contribution is -2.50. The first-order valence-corrected chi connectivity index (χ1v) is 10.4. The highest BCUT2D eigenvalue weighted by Crippen LogP contribution is 2.22. The fourth-order valence-electron chi connectivity index (χ4n) is 2.66. The van der Waals surface area contributed by atoms with Crippen molar-refractivity contribution in [1.29, 1.82) is 0 Å². The maximum Gasteiger partial charge on any atom is 0.216 e. The molecule has 1 aliphatic rings. The highest BCUT2D eigenvalue weighted by Gasteiger charge is 2.30. The van der Waals surface area contributed by atoms with Crippen molar-refractivity contribution in [2.45, 2.75) is 25.5 Å². The van der Waals surface area contributed by atoms with Crippen molar-refractivity contribution in [1.82, 2.24) is 13.7 Å². The minimum Gasteiger partial charge on any atom is -0.344 e. The molecule has 0 N–H and O–H groups in total. The van der Waals surface area contributed by atoms with Crippen LogP contribution in [0.25, 0.3) is 0 Å². The van der Waals surface area contributed by atoms with E-state index in [2.05, 4.69) is 14.3 Å². The van der Waals surface area contributed by atoms with Crippen LogP contribution < -0.4 is 4.90 Å². The summed E-state index contributed by atoms with van der Waals surface area (Å²) in [6.07, 6.45) is 0.554. The average Bonchev–Trinajstić information content (AvgIpc) is 3.05. The monoisotopic (exact) mass is 384 g/mol. The zero-order valence-electron chi connectivity index (χ0n) is 14.2. The van der Waals surface area contributed by atoms with E-state index >= 15 is 0 Å². The van der Waals surface area contributed by atoms with Crippen LogP contribution in [0.5, 0.6) is 0 Å². The quantitative estimate of drug-likeness (QED) is 0.790. The first-order valence-electron chi connectivity index (χ1n) is 8.17. The molecule has 1 saturated heterocycles. The van der Waals surface area contributed by atoms with E-state index in [-0.39, 0.29) is 5.82 Å². The summed E-state index contributed by atoms with van der Waals surface area (Å²) < 4.78 is 43.3. The minimum absolute atomic E-state index is 0.259. The second-order valence-electron chi connectivity index (χ2n) is 6.28. The van der Waals surface area contributed by atoms with Gasteiger partial charge in [-0.05, 0) is 31.5 Å². The van der Waals surface area contributed by atoms with Gasteiger partial charge in [0.05, 0.1) is 5.25 Å². The predicted molar refractivity (Wildman–Crippen MR) is 97.0 cm³/mol. The number of piperazine rings is 1. The van der Waals surface area contributed by atoms with Crippen LogP contribution in [0, 0.1) is 5.82 Å². The number of hydrogen-bond donors (Lipinski definition) is 0. The van der Waals surface area contributed by atoms with Gasteiger partial charge in [-0.15, -0.1) is 0 Å². The molecule has 1 aliphatic heterocycles. The molecule has 1 fully saturated rings. The number of aromatic nitrogens is 2. The third-order valence-corrected chi connectivity index (χ3v) is 7.29. The molecule has 2 heterocycles. The van der Waals surface area contributed by atoms with Crippen LogP contribution in [0.2, 0.25) is 0 Å². The Bertz CT molecular complexity index is 813. The Morgan fingerprint density at radius 1 is 1.16 bits per heavy atom. The molecule has 136 valence electrons. The average molecular weight is 385 g/mol. The van der Waals surface area contributed by atoms with Gasteiger partial charge in [0, 0.05) is 44.1 Å². The van der Waals surface area contributed by atoms with Crippen molar-refractivity contribution in [2.75, 3.05) is 31.1 Å². The van der Waals surface area contributed by atoms with E-state index < -0.39 is 15.3 Å². The molecule has 0 spiro atoms. The highest BCUT2D eigenvalue weighted by molar-refractivity contribution is 7.89. The molecular weight excluding hydrogens is 363 g/mol. The Balaban J connectivity index is 1.61. The summed E-state index contributed by atoms with van der Waals surface area (Å²) in [5.41, 5.74) is 0.957. The SMILES string of the molecule is CC(C)S(=O)(=O)N1CCN(c2nc(Cc3ccc(F)cc3)ns2)CC1. The van der Waals surface area contributed by atoms with Gasteiger partial charge in [0.2, 0.25) is 15.2 Å². The summed E-state index contributed by atoms with van der Waals surface area (Å²) in [6.45, 7) is 5.55. The normalized spacial score (nSPS) is 16.6. The fraction of sp³-hybridized carbons (Fsp3) is 0.500. The van der Waals surface area contributed by atoms with E-state index in [9.17, 15) is 12.8 Å². The standard InChI is InChI=1S/C16H21FN4O2S2/c1-12(2)25(22,23)21-9-7-20(8-10-21)16-18-15(19-24-16)11-13-3-5-14(17)6-4-13/h3-6,12H,7-11H2,1-2H3. The number of hydrogen-bond acceptors (Lipinski definition) is 6. The van der Waals surface area contributed by atoms with Crippen molar-refractivity contribution < 1.29 is 12.8 Å². The van der Waals surface area contributed by atoms with Crippen LogP contribution in [0.15, 0.2) is 24.3 Å². The van der Waals surface area contributed by atoms with Crippen molar-refractivity contribution >= 4 is 26.7 Å². The summed E-state index contributed by atoms with van der Waals surface area (Å²) >= 11 is 1.32. The van der Waals surface area contributed by atoms with Gasteiger partial charge in [0.15, 0.2) is 0 Å². The molecular formula is C16H21FN4O2S2. The largest absolute Gasteiger partial charge is 0.344 e. The van der Waals surface area contributed by atoms with Gasteiger partial charge >= 0.3 is 0 Å². The van der Waals surface area contributed by atoms with E-state index in [4.69, 9.17) is 0 Å². The molecule has 0 bridgehead atoms. The van der Waals surface area contributed by atoms with Crippen LogP contribution in [0.4, 0.5) is 9.52 Å². The lowest BCUT2D eigenvalue weighted by molar-refractivity contribution is 0.381. The Morgan fingerprint density at radius 3 is 2.40 bits per heavy atom. The molecule has 9 heteroatoms. The summed E-state index contributed by atoms with van der Waals surface area (Å²) in [5, 5.41) is 0.404. The first kappa shape index (κ1) is 18.2. The summed E-state index contributed by atoms with van der Waals surface area (Å²) in [5.74, 6) is 0.439. The molecule has 0 radical (unpaired) electrons. The van der Waals surface area contributed by atoms with E-state index in [1.807, 2.05) is 0 Å². The number of rotatable bonds is 5. The number of nitrogens with zero attached hydrogens (tertiary/aromatic N) is 4. The smallest absolute Gasteiger partial charge is 0.216 e. The van der Waals surface area contributed by atoms with Gasteiger partial charge in [-0.2, -0.15) is 8.68 Å². The molecule has 1 aromatic carbocycles. The van der Waals surface area contributed by atoms with Crippen LogP contribution in [0.1, 0.15) is 25.2 Å². The lowest BCUT2D eigenvalue weighted by Gasteiger charge is -2.34. The Hall–Kier alpha value is -1.58. The van der Waals surface area contributed by atoms with Crippen LogP contribution >= 0.6 is 11.5 Å². The Morgan fingerprint density at radius 2 is 1.80 bits per heavy atom. The van der Waals surface area contributed by atoms with Crippen molar-refractivity contribution in [3.8, 4) is 0 Å². The molecule has 3 rings (SSSR count). The third-order valence-electron chi connectivity index (χ3n) is 4.20. The van der Waals surface area contributed by atoms with E-state index in [1.165, 1.54) is 23.7 Å². The van der Waals surface area contributed by atoms with Crippen LogP contribution in [0.3, 0.4) is 0 Å². The third kappa shape index (κ3) is 4.16. The van der Waals surface area contributed by atoms with E-state index in [1.54, 1.807) is 30.3 Å². The van der Waals surface area contributed by atoms with Gasteiger partial charge < -0.3 is 4.90 Å². The molecule has 25 heavy (non-hydrogen) atoms. The lowest BCUT2D eigenvalue weighted by atomic mass is 10.1. The summed E-state index contributed by atoms with van der Waals surface area (Å²) in [7, 11) is -3.20. The molecule has 6 nitrogen and oxygen atoms in total.